The van der Waals surface area contributed by atoms with Crippen molar-refractivity contribution >= 4 is 0 Å². The Labute approximate surface area is 122 Å². The maximum atomic E-state index is 4.97. The van der Waals surface area contributed by atoms with Gasteiger partial charge in [0.15, 0.2) is 0 Å². The minimum Gasteiger partial charge on any atom is -0.312 e. The van der Waals surface area contributed by atoms with Crippen molar-refractivity contribution in [3.05, 3.63) is 22.8 Å². The summed E-state index contributed by atoms with van der Waals surface area (Å²) in [5, 5.41) is 3.45. The quantitative estimate of drug-likeness (QED) is 0.896. The SMILES string of the molecule is CCc1nc(C2CCCCCCC2)nc2c1CNCC2. The first-order valence-electron chi connectivity index (χ1n) is 8.47. The second-order valence-corrected chi connectivity index (χ2v) is 6.28. The van der Waals surface area contributed by atoms with Gasteiger partial charge in [0.25, 0.3) is 0 Å². The van der Waals surface area contributed by atoms with E-state index in [0.717, 1.165) is 31.8 Å². The van der Waals surface area contributed by atoms with Crippen LogP contribution in [0.1, 0.15) is 80.6 Å². The third kappa shape index (κ3) is 3.03. The molecule has 110 valence electrons. The highest BCUT2D eigenvalue weighted by atomic mass is 15.0. The zero-order valence-electron chi connectivity index (χ0n) is 12.7. The average molecular weight is 273 g/mol. The standard InChI is InChI=1S/C17H27N3/c1-2-15-14-12-18-11-10-16(14)20-17(19-15)13-8-6-4-3-5-7-9-13/h13,18H,2-12H2,1H3. The van der Waals surface area contributed by atoms with Crippen molar-refractivity contribution in [1.29, 1.82) is 0 Å². The Morgan fingerprint density at radius 2 is 1.80 bits per heavy atom. The Morgan fingerprint density at radius 1 is 1.05 bits per heavy atom. The smallest absolute Gasteiger partial charge is 0.131 e. The van der Waals surface area contributed by atoms with Crippen molar-refractivity contribution in [3.8, 4) is 0 Å². The number of aryl methyl sites for hydroxylation is 1. The van der Waals surface area contributed by atoms with Crippen molar-refractivity contribution in [2.45, 2.75) is 77.2 Å². The lowest BCUT2D eigenvalue weighted by molar-refractivity contribution is 0.438. The third-order valence-corrected chi connectivity index (χ3v) is 4.84. The van der Waals surface area contributed by atoms with Crippen molar-refractivity contribution in [2.24, 2.45) is 0 Å². The first-order chi connectivity index (χ1) is 9.88. The van der Waals surface area contributed by atoms with Gasteiger partial charge >= 0.3 is 0 Å². The molecular weight excluding hydrogens is 246 g/mol. The van der Waals surface area contributed by atoms with Gasteiger partial charge in [-0.15, -0.1) is 0 Å². The molecule has 0 bridgehead atoms. The summed E-state index contributed by atoms with van der Waals surface area (Å²) in [6.45, 7) is 4.25. The van der Waals surface area contributed by atoms with Gasteiger partial charge in [0, 0.05) is 36.7 Å². The van der Waals surface area contributed by atoms with Crippen molar-refractivity contribution in [3.63, 3.8) is 0 Å². The molecule has 0 saturated heterocycles. The molecule has 1 aliphatic heterocycles. The number of nitrogens with zero attached hydrogens (tertiary/aromatic N) is 2. The first kappa shape index (κ1) is 14.0. The minimum absolute atomic E-state index is 0.612. The van der Waals surface area contributed by atoms with Crippen molar-refractivity contribution < 1.29 is 0 Å². The molecule has 2 aliphatic rings. The Bertz CT molecular complexity index is 431. The Balaban J connectivity index is 1.88. The van der Waals surface area contributed by atoms with E-state index >= 15 is 0 Å². The molecule has 1 aromatic rings. The third-order valence-electron chi connectivity index (χ3n) is 4.84. The molecule has 0 unspecified atom stereocenters. The Morgan fingerprint density at radius 3 is 2.55 bits per heavy atom. The molecule has 0 aromatic carbocycles. The Hall–Kier alpha value is -0.960. The summed E-state index contributed by atoms with van der Waals surface area (Å²) in [5.74, 6) is 1.77. The van der Waals surface area contributed by atoms with E-state index in [2.05, 4.69) is 12.2 Å². The van der Waals surface area contributed by atoms with Gasteiger partial charge in [0.2, 0.25) is 0 Å². The van der Waals surface area contributed by atoms with Crippen molar-refractivity contribution in [1.82, 2.24) is 15.3 Å². The fourth-order valence-electron chi connectivity index (χ4n) is 3.62. The fraction of sp³-hybridized carbons (Fsp3) is 0.765. The molecule has 0 spiro atoms. The molecule has 0 radical (unpaired) electrons. The summed E-state index contributed by atoms with van der Waals surface area (Å²) in [5.41, 5.74) is 4.00. The molecule has 3 rings (SSSR count). The van der Waals surface area contributed by atoms with Gasteiger partial charge < -0.3 is 5.32 Å². The van der Waals surface area contributed by atoms with Crippen molar-refractivity contribution in [2.75, 3.05) is 6.54 Å². The van der Waals surface area contributed by atoms with Crippen LogP contribution in [0.3, 0.4) is 0 Å². The van der Waals surface area contributed by atoms with Crippen LogP contribution in [0.5, 0.6) is 0 Å². The molecule has 1 aromatic heterocycles. The number of hydrogen-bond acceptors (Lipinski definition) is 3. The lowest BCUT2D eigenvalue weighted by Crippen LogP contribution is -2.27. The van der Waals surface area contributed by atoms with Crippen LogP contribution in [0.4, 0.5) is 0 Å². The van der Waals surface area contributed by atoms with E-state index in [1.165, 1.54) is 61.9 Å². The van der Waals surface area contributed by atoms with Crippen LogP contribution < -0.4 is 5.32 Å². The van der Waals surface area contributed by atoms with E-state index in [-0.39, 0.29) is 0 Å². The molecular formula is C17H27N3. The Kier molecular flexibility index (Phi) is 4.66. The van der Waals surface area contributed by atoms with Gasteiger partial charge in [-0.1, -0.05) is 39.0 Å². The van der Waals surface area contributed by atoms with Crippen LogP contribution in [-0.4, -0.2) is 16.5 Å². The fourth-order valence-corrected chi connectivity index (χ4v) is 3.62. The van der Waals surface area contributed by atoms with Crippen LogP contribution in [0, 0.1) is 0 Å². The van der Waals surface area contributed by atoms with Gasteiger partial charge in [-0.05, 0) is 19.3 Å². The minimum atomic E-state index is 0.612. The lowest BCUT2D eigenvalue weighted by atomic mass is 9.90. The predicted molar refractivity (Wildman–Crippen MR) is 81.9 cm³/mol. The normalized spacial score (nSPS) is 21.1. The monoisotopic (exact) mass is 273 g/mol. The second kappa shape index (κ2) is 6.66. The van der Waals surface area contributed by atoms with E-state index in [1.807, 2.05) is 0 Å². The van der Waals surface area contributed by atoms with Crippen LogP contribution in [0.15, 0.2) is 0 Å². The lowest BCUT2D eigenvalue weighted by Gasteiger charge is -2.23. The van der Waals surface area contributed by atoms with E-state index in [1.54, 1.807) is 0 Å². The van der Waals surface area contributed by atoms with E-state index in [9.17, 15) is 0 Å². The van der Waals surface area contributed by atoms with Crippen LogP contribution in [0.25, 0.3) is 0 Å². The van der Waals surface area contributed by atoms with E-state index in [4.69, 9.17) is 9.97 Å². The van der Waals surface area contributed by atoms with Crippen LogP contribution in [0.2, 0.25) is 0 Å². The van der Waals surface area contributed by atoms with Gasteiger partial charge in [-0.2, -0.15) is 0 Å². The summed E-state index contributed by atoms with van der Waals surface area (Å²) in [6.07, 6.45) is 11.6. The zero-order valence-corrected chi connectivity index (χ0v) is 12.7. The molecule has 1 N–H and O–H groups in total. The topological polar surface area (TPSA) is 37.8 Å². The highest BCUT2D eigenvalue weighted by molar-refractivity contribution is 5.29. The molecule has 20 heavy (non-hydrogen) atoms. The number of rotatable bonds is 2. The second-order valence-electron chi connectivity index (χ2n) is 6.28. The van der Waals surface area contributed by atoms with E-state index in [0.29, 0.717) is 5.92 Å². The van der Waals surface area contributed by atoms with Gasteiger partial charge in [0.05, 0.1) is 5.69 Å². The number of nitrogens with one attached hydrogen (secondary N) is 1. The first-order valence-corrected chi connectivity index (χ1v) is 8.47. The summed E-state index contributed by atoms with van der Waals surface area (Å²) in [7, 11) is 0. The maximum absolute atomic E-state index is 4.97. The van der Waals surface area contributed by atoms with Crippen LogP contribution in [-0.2, 0) is 19.4 Å². The summed E-state index contributed by atoms with van der Waals surface area (Å²) < 4.78 is 0. The zero-order chi connectivity index (χ0) is 13.8. The molecule has 3 heteroatoms. The molecule has 1 fully saturated rings. The summed E-state index contributed by atoms with van der Waals surface area (Å²) >= 11 is 0. The maximum Gasteiger partial charge on any atom is 0.131 e. The highest BCUT2D eigenvalue weighted by Gasteiger charge is 2.21. The molecule has 2 heterocycles. The largest absolute Gasteiger partial charge is 0.312 e. The molecule has 1 saturated carbocycles. The number of hydrogen-bond donors (Lipinski definition) is 1. The molecule has 3 nitrogen and oxygen atoms in total. The summed E-state index contributed by atoms with van der Waals surface area (Å²) in [6, 6.07) is 0. The van der Waals surface area contributed by atoms with Crippen LogP contribution >= 0.6 is 0 Å². The molecule has 0 amide bonds. The average Bonchev–Trinajstić information content (AvgIpc) is 2.46. The van der Waals surface area contributed by atoms with Gasteiger partial charge in [-0.3, -0.25) is 0 Å². The predicted octanol–water partition coefficient (Wildman–Crippen LogP) is 3.51. The van der Waals surface area contributed by atoms with Gasteiger partial charge in [0.1, 0.15) is 5.82 Å². The number of fused-ring (bicyclic) bond motifs is 1. The van der Waals surface area contributed by atoms with Gasteiger partial charge in [-0.25, -0.2) is 9.97 Å². The highest BCUT2D eigenvalue weighted by Crippen LogP contribution is 2.30. The molecule has 0 atom stereocenters. The summed E-state index contributed by atoms with van der Waals surface area (Å²) in [4.78, 5) is 9.92. The molecule has 1 aliphatic carbocycles. The van der Waals surface area contributed by atoms with E-state index < -0.39 is 0 Å². The number of aromatic nitrogens is 2.